The molecule has 0 aromatic heterocycles. The molecule has 0 aliphatic carbocycles. The first-order chi connectivity index (χ1) is 22.2. The molecule has 0 aliphatic heterocycles. The first-order valence-corrected chi connectivity index (χ1v) is 19.5. The Balaban J connectivity index is 1.49. The van der Waals surface area contributed by atoms with Crippen LogP contribution in [0.3, 0.4) is 0 Å². The summed E-state index contributed by atoms with van der Waals surface area (Å²) in [6.07, 6.45) is 18.5. The molecular weight excluding hydrogens is 595 g/mol. The van der Waals surface area contributed by atoms with Gasteiger partial charge in [0, 0.05) is 6.61 Å². The van der Waals surface area contributed by atoms with Gasteiger partial charge in [-0.25, -0.2) is 0 Å². The number of rotatable bonds is 26. The molecule has 0 aliphatic rings. The standard InChI is InChI=1S/C39H56O4PS/c1-3-4-5-6-7-8-9-10-11-12-13-14-15-25-32-41-33-38(43-44(45)40-2)34-42-39(35-26-19-16-20-27-35,36-28-21-17-22-29-36)37-30-23-18-24-31-37/h16-24,26-31,38H,3-15,25,32-34H2,1-2H3/q+1. The summed E-state index contributed by atoms with van der Waals surface area (Å²) in [5.41, 5.74) is 2.34. The molecule has 4 nitrogen and oxygen atoms in total. The predicted octanol–water partition coefficient (Wildman–Crippen LogP) is 11.3. The molecule has 2 unspecified atom stereocenters. The summed E-state index contributed by atoms with van der Waals surface area (Å²) in [5, 5.41) is 0. The van der Waals surface area contributed by atoms with E-state index in [1.54, 1.807) is 7.11 Å². The van der Waals surface area contributed by atoms with Crippen LogP contribution in [-0.4, -0.2) is 33.0 Å². The van der Waals surface area contributed by atoms with Crippen molar-refractivity contribution in [2.24, 2.45) is 0 Å². The molecule has 45 heavy (non-hydrogen) atoms. The molecule has 6 heteroatoms. The number of hydrogen-bond acceptors (Lipinski definition) is 5. The Morgan fingerprint density at radius 3 is 1.38 bits per heavy atom. The fourth-order valence-electron chi connectivity index (χ4n) is 5.87. The SMILES string of the molecule is CCCCCCCCCCCCCCCCOCC(COC(c1ccccc1)(c1ccccc1)c1ccccc1)O[P+](=S)OC. The van der Waals surface area contributed by atoms with Crippen LogP contribution in [0.1, 0.15) is 114 Å². The lowest BCUT2D eigenvalue weighted by Crippen LogP contribution is -2.37. The lowest BCUT2D eigenvalue weighted by Gasteiger charge is -2.36. The lowest BCUT2D eigenvalue weighted by atomic mass is 9.80. The van der Waals surface area contributed by atoms with Crippen LogP contribution in [-0.2, 0) is 35.9 Å². The molecule has 0 spiro atoms. The van der Waals surface area contributed by atoms with Crippen molar-refractivity contribution in [3.05, 3.63) is 108 Å². The van der Waals surface area contributed by atoms with Gasteiger partial charge in [0.25, 0.3) is 0 Å². The number of unbranched alkanes of at least 4 members (excludes halogenated alkanes) is 13. The van der Waals surface area contributed by atoms with Crippen LogP contribution in [0.5, 0.6) is 0 Å². The van der Waals surface area contributed by atoms with Gasteiger partial charge in [0.2, 0.25) is 11.8 Å². The molecule has 0 saturated heterocycles. The lowest BCUT2D eigenvalue weighted by molar-refractivity contribution is -0.0540. The minimum absolute atomic E-state index is 0.302. The van der Waals surface area contributed by atoms with Gasteiger partial charge in [-0.05, 0) is 23.1 Å². The fourth-order valence-corrected chi connectivity index (χ4v) is 6.69. The van der Waals surface area contributed by atoms with Gasteiger partial charge in [-0.15, -0.1) is 9.05 Å². The number of hydrogen-bond donors (Lipinski definition) is 0. The fraction of sp³-hybridized carbons (Fsp3) is 0.538. The van der Waals surface area contributed by atoms with Crippen LogP contribution in [0.2, 0.25) is 0 Å². The van der Waals surface area contributed by atoms with E-state index < -0.39 is 12.8 Å². The Labute approximate surface area is 279 Å². The molecule has 0 saturated carbocycles. The maximum absolute atomic E-state index is 6.98. The van der Waals surface area contributed by atoms with E-state index in [4.69, 9.17) is 30.3 Å². The van der Waals surface area contributed by atoms with E-state index in [0.29, 0.717) is 19.8 Å². The zero-order chi connectivity index (χ0) is 31.8. The van der Waals surface area contributed by atoms with Crippen molar-refractivity contribution in [1.29, 1.82) is 0 Å². The smallest absolute Gasteiger partial charge is 0.378 e. The molecule has 2 atom stereocenters. The monoisotopic (exact) mass is 651 g/mol. The summed E-state index contributed by atoms with van der Waals surface area (Å²) in [5.74, 6) is 0. The van der Waals surface area contributed by atoms with Gasteiger partial charge in [-0.1, -0.05) is 181 Å². The van der Waals surface area contributed by atoms with Crippen LogP contribution >= 0.6 is 7.15 Å². The number of ether oxygens (including phenoxy) is 2. The van der Waals surface area contributed by atoms with Gasteiger partial charge >= 0.3 is 7.15 Å². The normalized spacial score (nSPS) is 12.7. The maximum atomic E-state index is 6.98. The molecule has 246 valence electrons. The van der Waals surface area contributed by atoms with Gasteiger partial charge in [0.1, 0.15) is 5.60 Å². The molecule has 3 aromatic carbocycles. The molecule has 3 aromatic rings. The highest BCUT2D eigenvalue weighted by Crippen LogP contribution is 2.41. The average molecular weight is 652 g/mol. The van der Waals surface area contributed by atoms with Crippen molar-refractivity contribution in [1.82, 2.24) is 0 Å². The first kappa shape index (κ1) is 37.5. The summed E-state index contributed by atoms with van der Waals surface area (Å²) in [4.78, 5) is 0. The molecule has 0 heterocycles. The number of benzene rings is 3. The van der Waals surface area contributed by atoms with Gasteiger partial charge in [0.05, 0.1) is 20.3 Å². The van der Waals surface area contributed by atoms with Crippen molar-refractivity contribution in [2.45, 2.75) is 109 Å². The molecule has 3 rings (SSSR count). The van der Waals surface area contributed by atoms with Crippen molar-refractivity contribution in [3.63, 3.8) is 0 Å². The quantitative estimate of drug-likeness (QED) is 0.0490. The van der Waals surface area contributed by atoms with E-state index in [-0.39, 0.29) is 6.10 Å². The first-order valence-electron chi connectivity index (χ1n) is 17.3. The Morgan fingerprint density at radius 1 is 0.578 bits per heavy atom. The third kappa shape index (κ3) is 13.7. The second kappa shape index (κ2) is 23.4. The van der Waals surface area contributed by atoms with Crippen molar-refractivity contribution < 1.29 is 18.5 Å². The second-order valence-corrected chi connectivity index (χ2v) is 13.8. The third-order valence-corrected chi connectivity index (χ3v) is 9.83. The average Bonchev–Trinajstić information content (AvgIpc) is 3.09. The van der Waals surface area contributed by atoms with E-state index in [0.717, 1.165) is 23.1 Å². The summed E-state index contributed by atoms with van der Waals surface area (Å²) < 4.78 is 24.6. The molecule has 0 radical (unpaired) electrons. The van der Waals surface area contributed by atoms with Crippen LogP contribution in [0, 0.1) is 0 Å². The molecule has 0 bridgehead atoms. The zero-order valence-electron chi connectivity index (χ0n) is 27.7. The van der Waals surface area contributed by atoms with Crippen LogP contribution in [0.4, 0.5) is 0 Å². The Bertz CT molecular complexity index is 1050. The summed E-state index contributed by atoms with van der Waals surface area (Å²) in [6, 6.07) is 31.2. The summed E-state index contributed by atoms with van der Waals surface area (Å²) >= 11 is 5.43. The van der Waals surface area contributed by atoms with Gasteiger partial charge < -0.3 is 9.47 Å². The van der Waals surface area contributed by atoms with Crippen molar-refractivity contribution >= 4 is 19.0 Å². The maximum Gasteiger partial charge on any atom is 0.521 e. The van der Waals surface area contributed by atoms with E-state index in [2.05, 4.69) is 79.7 Å². The van der Waals surface area contributed by atoms with Gasteiger partial charge in [-0.3, -0.25) is 0 Å². The Morgan fingerprint density at radius 2 is 0.978 bits per heavy atom. The molecular formula is C39H56O4PS+. The van der Waals surface area contributed by atoms with Gasteiger partial charge in [0.15, 0.2) is 6.10 Å². The zero-order valence-corrected chi connectivity index (χ0v) is 29.5. The third-order valence-electron chi connectivity index (χ3n) is 8.36. The predicted molar refractivity (Wildman–Crippen MR) is 192 cm³/mol. The highest BCUT2D eigenvalue weighted by Gasteiger charge is 2.39. The minimum atomic E-state index is -1.45. The summed E-state index contributed by atoms with van der Waals surface area (Å²) in [6.45, 7) is 3.70. The minimum Gasteiger partial charge on any atom is -0.378 e. The van der Waals surface area contributed by atoms with Gasteiger partial charge in [-0.2, -0.15) is 0 Å². The van der Waals surface area contributed by atoms with Crippen LogP contribution in [0.25, 0.3) is 0 Å². The topological polar surface area (TPSA) is 36.9 Å². The summed E-state index contributed by atoms with van der Waals surface area (Å²) in [7, 11) is 0.143. The van der Waals surface area contributed by atoms with Crippen LogP contribution in [0.15, 0.2) is 91.0 Å². The van der Waals surface area contributed by atoms with Crippen molar-refractivity contribution in [2.75, 3.05) is 26.9 Å². The molecule has 0 amide bonds. The Kier molecular flexibility index (Phi) is 19.5. The largest absolute Gasteiger partial charge is 0.521 e. The highest BCUT2D eigenvalue weighted by atomic mass is 32.4. The molecule has 0 fully saturated rings. The Hall–Kier alpha value is -1.98. The van der Waals surface area contributed by atoms with Crippen molar-refractivity contribution in [3.8, 4) is 0 Å². The highest BCUT2D eigenvalue weighted by molar-refractivity contribution is 8.00. The van der Waals surface area contributed by atoms with E-state index in [1.165, 1.54) is 83.5 Å². The van der Waals surface area contributed by atoms with E-state index in [9.17, 15) is 0 Å². The second-order valence-electron chi connectivity index (χ2n) is 11.9. The van der Waals surface area contributed by atoms with E-state index >= 15 is 0 Å². The van der Waals surface area contributed by atoms with Crippen LogP contribution < -0.4 is 0 Å². The van der Waals surface area contributed by atoms with E-state index in [1.807, 2.05) is 18.2 Å². The molecule has 0 N–H and O–H groups in total.